The average molecular weight is 233 g/mol. The Hall–Kier alpha value is -0.860. The van der Waals surface area contributed by atoms with Crippen LogP contribution in [0.15, 0.2) is 30.3 Å². The normalized spacial score (nSPS) is 29.5. The SMILES string of the molecule is CN(C)C[C@@H]1CCCC[C@@]1(O)c1ccccc1. The van der Waals surface area contributed by atoms with E-state index in [2.05, 4.69) is 31.1 Å². The van der Waals surface area contributed by atoms with Gasteiger partial charge in [0.2, 0.25) is 0 Å². The molecule has 0 unspecified atom stereocenters. The second-order valence-corrected chi connectivity index (χ2v) is 5.50. The standard InChI is InChI=1S/C15H23NO/c1-16(2)12-14-10-6-7-11-15(14,17)13-8-4-3-5-9-13/h3-5,8-9,14,17H,6-7,10-12H2,1-2H3/t14-,15+/m0/s1. The number of hydrogen-bond donors (Lipinski definition) is 1. The van der Waals surface area contributed by atoms with Crippen molar-refractivity contribution in [2.45, 2.75) is 31.3 Å². The zero-order chi connectivity index (χ0) is 12.3. The van der Waals surface area contributed by atoms with Gasteiger partial charge >= 0.3 is 0 Å². The van der Waals surface area contributed by atoms with E-state index >= 15 is 0 Å². The van der Waals surface area contributed by atoms with Gasteiger partial charge in [-0.2, -0.15) is 0 Å². The van der Waals surface area contributed by atoms with Gasteiger partial charge in [-0.05, 0) is 32.5 Å². The maximum atomic E-state index is 11.0. The number of benzene rings is 1. The van der Waals surface area contributed by atoms with Crippen LogP contribution in [0.3, 0.4) is 0 Å². The van der Waals surface area contributed by atoms with E-state index in [9.17, 15) is 5.11 Å². The van der Waals surface area contributed by atoms with Crippen LogP contribution in [0.2, 0.25) is 0 Å². The van der Waals surface area contributed by atoms with Gasteiger partial charge in [-0.15, -0.1) is 0 Å². The third kappa shape index (κ3) is 2.70. The molecule has 2 nitrogen and oxygen atoms in total. The van der Waals surface area contributed by atoms with Crippen LogP contribution in [-0.4, -0.2) is 30.6 Å². The number of nitrogens with zero attached hydrogens (tertiary/aromatic N) is 1. The highest BCUT2D eigenvalue weighted by atomic mass is 16.3. The first-order valence-corrected chi connectivity index (χ1v) is 6.55. The van der Waals surface area contributed by atoms with Crippen LogP contribution in [-0.2, 0) is 5.60 Å². The minimum absolute atomic E-state index is 0.355. The van der Waals surface area contributed by atoms with E-state index in [1.54, 1.807) is 0 Å². The molecule has 1 saturated carbocycles. The predicted octanol–water partition coefficient (Wildman–Crippen LogP) is 2.63. The minimum atomic E-state index is -0.621. The zero-order valence-electron chi connectivity index (χ0n) is 10.9. The van der Waals surface area contributed by atoms with Gasteiger partial charge in [0.15, 0.2) is 0 Å². The molecule has 0 saturated heterocycles. The van der Waals surface area contributed by atoms with Crippen molar-refractivity contribution in [2.24, 2.45) is 5.92 Å². The fourth-order valence-electron chi connectivity index (χ4n) is 3.02. The second-order valence-electron chi connectivity index (χ2n) is 5.50. The molecule has 0 bridgehead atoms. The van der Waals surface area contributed by atoms with Gasteiger partial charge in [0.1, 0.15) is 0 Å². The van der Waals surface area contributed by atoms with Crippen LogP contribution in [0.25, 0.3) is 0 Å². The Kier molecular flexibility index (Phi) is 3.85. The van der Waals surface area contributed by atoms with Crippen molar-refractivity contribution < 1.29 is 5.11 Å². The highest BCUT2D eigenvalue weighted by Gasteiger charge is 2.40. The summed E-state index contributed by atoms with van der Waals surface area (Å²) in [4.78, 5) is 2.18. The van der Waals surface area contributed by atoms with Crippen molar-refractivity contribution in [1.82, 2.24) is 4.90 Å². The van der Waals surface area contributed by atoms with Gasteiger partial charge in [-0.3, -0.25) is 0 Å². The first kappa shape index (κ1) is 12.6. The molecule has 1 aromatic carbocycles. The molecule has 0 radical (unpaired) electrons. The van der Waals surface area contributed by atoms with Crippen molar-refractivity contribution in [3.05, 3.63) is 35.9 Å². The number of aliphatic hydroxyl groups is 1. The number of rotatable bonds is 3. The van der Waals surface area contributed by atoms with E-state index in [4.69, 9.17) is 0 Å². The van der Waals surface area contributed by atoms with Crippen LogP contribution in [0.1, 0.15) is 31.2 Å². The van der Waals surface area contributed by atoms with Crippen LogP contribution in [0.5, 0.6) is 0 Å². The number of hydrogen-bond acceptors (Lipinski definition) is 2. The quantitative estimate of drug-likeness (QED) is 0.867. The molecule has 1 aliphatic rings. The Morgan fingerprint density at radius 1 is 1.24 bits per heavy atom. The summed E-state index contributed by atoms with van der Waals surface area (Å²) in [5.41, 5.74) is 0.468. The van der Waals surface area contributed by atoms with Gasteiger partial charge in [-0.1, -0.05) is 43.2 Å². The molecule has 0 amide bonds. The molecule has 0 heterocycles. The fourth-order valence-corrected chi connectivity index (χ4v) is 3.02. The van der Waals surface area contributed by atoms with E-state index in [-0.39, 0.29) is 0 Å². The van der Waals surface area contributed by atoms with Crippen molar-refractivity contribution in [3.8, 4) is 0 Å². The molecule has 1 aliphatic carbocycles. The lowest BCUT2D eigenvalue weighted by Crippen LogP contribution is -2.42. The van der Waals surface area contributed by atoms with Crippen molar-refractivity contribution in [1.29, 1.82) is 0 Å². The van der Waals surface area contributed by atoms with E-state index in [1.807, 2.05) is 18.2 Å². The Balaban J connectivity index is 2.25. The van der Waals surface area contributed by atoms with Crippen LogP contribution in [0.4, 0.5) is 0 Å². The van der Waals surface area contributed by atoms with Crippen molar-refractivity contribution in [2.75, 3.05) is 20.6 Å². The molecule has 94 valence electrons. The summed E-state index contributed by atoms with van der Waals surface area (Å²) in [6, 6.07) is 10.2. The predicted molar refractivity (Wildman–Crippen MR) is 70.9 cm³/mol. The molecule has 1 aromatic rings. The summed E-state index contributed by atoms with van der Waals surface area (Å²) in [5.74, 6) is 0.355. The highest BCUT2D eigenvalue weighted by molar-refractivity contribution is 5.24. The lowest BCUT2D eigenvalue weighted by Gasteiger charge is -2.41. The summed E-state index contributed by atoms with van der Waals surface area (Å²) in [5, 5.41) is 11.0. The molecule has 0 aliphatic heterocycles. The molecule has 2 heteroatoms. The smallest absolute Gasteiger partial charge is 0.0936 e. The topological polar surface area (TPSA) is 23.5 Å². The van der Waals surface area contributed by atoms with Crippen LogP contribution >= 0.6 is 0 Å². The largest absolute Gasteiger partial charge is 0.385 e. The summed E-state index contributed by atoms with van der Waals surface area (Å²) in [6.07, 6.45) is 4.40. The second kappa shape index (κ2) is 5.19. The molecule has 2 rings (SSSR count). The lowest BCUT2D eigenvalue weighted by molar-refractivity contribution is -0.0618. The van der Waals surface area contributed by atoms with Crippen molar-refractivity contribution in [3.63, 3.8) is 0 Å². The molecule has 0 aromatic heterocycles. The Bertz CT molecular complexity index is 349. The highest BCUT2D eigenvalue weighted by Crippen LogP contribution is 2.41. The van der Waals surface area contributed by atoms with E-state index in [1.165, 1.54) is 6.42 Å². The first-order valence-electron chi connectivity index (χ1n) is 6.55. The maximum absolute atomic E-state index is 11.0. The first-order chi connectivity index (χ1) is 8.13. The summed E-state index contributed by atoms with van der Waals surface area (Å²) < 4.78 is 0. The van der Waals surface area contributed by atoms with Gasteiger partial charge in [0.05, 0.1) is 5.60 Å². The Labute approximate surface area is 104 Å². The minimum Gasteiger partial charge on any atom is -0.385 e. The van der Waals surface area contributed by atoms with E-state index in [0.717, 1.165) is 31.4 Å². The van der Waals surface area contributed by atoms with Crippen LogP contribution < -0.4 is 0 Å². The summed E-state index contributed by atoms with van der Waals surface area (Å²) in [7, 11) is 4.17. The third-order valence-electron chi connectivity index (χ3n) is 3.90. The Morgan fingerprint density at radius 3 is 2.59 bits per heavy atom. The summed E-state index contributed by atoms with van der Waals surface area (Å²) >= 11 is 0. The van der Waals surface area contributed by atoms with E-state index < -0.39 is 5.60 Å². The van der Waals surface area contributed by atoms with E-state index in [0.29, 0.717) is 5.92 Å². The van der Waals surface area contributed by atoms with Gasteiger partial charge in [0, 0.05) is 12.5 Å². The third-order valence-corrected chi connectivity index (χ3v) is 3.90. The molecular weight excluding hydrogens is 210 g/mol. The van der Waals surface area contributed by atoms with Gasteiger partial charge in [-0.25, -0.2) is 0 Å². The summed E-state index contributed by atoms with van der Waals surface area (Å²) in [6.45, 7) is 0.964. The molecule has 0 spiro atoms. The van der Waals surface area contributed by atoms with Crippen LogP contribution in [0, 0.1) is 5.92 Å². The molecule has 17 heavy (non-hydrogen) atoms. The zero-order valence-corrected chi connectivity index (χ0v) is 10.9. The lowest BCUT2D eigenvalue weighted by atomic mass is 9.71. The average Bonchev–Trinajstić information content (AvgIpc) is 2.33. The molecule has 1 N–H and O–H groups in total. The monoisotopic (exact) mass is 233 g/mol. The Morgan fingerprint density at radius 2 is 1.94 bits per heavy atom. The van der Waals surface area contributed by atoms with Crippen molar-refractivity contribution >= 4 is 0 Å². The molecule has 2 atom stereocenters. The fraction of sp³-hybridized carbons (Fsp3) is 0.600. The van der Waals surface area contributed by atoms with Gasteiger partial charge in [0.25, 0.3) is 0 Å². The maximum Gasteiger partial charge on any atom is 0.0936 e. The molecular formula is C15H23NO. The molecule has 1 fully saturated rings. The van der Waals surface area contributed by atoms with Gasteiger partial charge < -0.3 is 10.0 Å².